The third kappa shape index (κ3) is 2.48. The van der Waals surface area contributed by atoms with Crippen molar-refractivity contribution in [2.24, 2.45) is 0 Å². The molecule has 0 bridgehead atoms. The minimum absolute atomic E-state index is 0.161. The Balaban J connectivity index is 1.92. The lowest BCUT2D eigenvalue weighted by Crippen LogP contribution is -2.43. The smallest absolute Gasteiger partial charge is 0.273 e. The van der Waals surface area contributed by atoms with Gasteiger partial charge in [0.25, 0.3) is 5.91 Å². The Morgan fingerprint density at radius 1 is 1.14 bits per heavy atom. The van der Waals surface area contributed by atoms with Crippen molar-refractivity contribution in [2.75, 3.05) is 0 Å². The molecule has 3 rings (SSSR count). The molecule has 3 aromatic rings. The Labute approximate surface area is 129 Å². The van der Waals surface area contributed by atoms with Crippen molar-refractivity contribution < 1.29 is 4.79 Å². The summed E-state index contributed by atoms with van der Waals surface area (Å²) in [5, 5.41) is 11.0. The maximum Gasteiger partial charge on any atom is 0.273 e. The molecule has 2 aromatic carbocycles. The molecular formula is C18H19N3O. The van der Waals surface area contributed by atoms with Crippen molar-refractivity contribution in [3.63, 3.8) is 0 Å². The molecule has 0 aliphatic heterocycles. The van der Waals surface area contributed by atoms with E-state index in [9.17, 15) is 4.79 Å². The Morgan fingerprint density at radius 2 is 1.82 bits per heavy atom. The summed E-state index contributed by atoms with van der Waals surface area (Å²) in [5.41, 5.74) is 1.97. The van der Waals surface area contributed by atoms with Gasteiger partial charge in [0, 0.05) is 5.39 Å². The summed E-state index contributed by atoms with van der Waals surface area (Å²) in [6.45, 7) is 4.10. The first kappa shape index (κ1) is 14.3. The number of carbonyl (C=O) groups is 1. The number of para-hydroxylation sites is 1. The minimum atomic E-state index is -0.418. The maximum absolute atomic E-state index is 12.7. The van der Waals surface area contributed by atoms with E-state index in [-0.39, 0.29) is 5.91 Å². The highest BCUT2D eigenvalue weighted by atomic mass is 16.2. The number of fused-ring (bicyclic) bond motifs is 1. The van der Waals surface area contributed by atoms with Gasteiger partial charge in [-0.25, -0.2) is 0 Å². The second-order valence-electron chi connectivity index (χ2n) is 5.62. The first-order chi connectivity index (χ1) is 10.6. The van der Waals surface area contributed by atoms with Crippen LogP contribution in [-0.2, 0) is 5.54 Å². The third-order valence-corrected chi connectivity index (χ3v) is 4.19. The van der Waals surface area contributed by atoms with Crippen molar-refractivity contribution in [1.82, 2.24) is 15.5 Å². The molecule has 0 saturated carbocycles. The average molecular weight is 293 g/mol. The van der Waals surface area contributed by atoms with Gasteiger partial charge in [0.15, 0.2) is 5.69 Å². The zero-order valence-electron chi connectivity index (χ0n) is 12.8. The van der Waals surface area contributed by atoms with Gasteiger partial charge in [0.2, 0.25) is 0 Å². The van der Waals surface area contributed by atoms with Gasteiger partial charge >= 0.3 is 0 Å². The Kier molecular flexibility index (Phi) is 3.67. The number of benzene rings is 2. The number of aromatic nitrogens is 2. The van der Waals surface area contributed by atoms with Crippen molar-refractivity contribution in [2.45, 2.75) is 25.8 Å². The minimum Gasteiger partial charge on any atom is -0.341 e. The number of aromatic amines is 1. The summed E-state index contributed by atoms with van der Waals surface area (Å²) in [6.07, 6.45) is 0.797. The predicted molar refractivity (Wildman–Crippen MR) is 87.6 cm³/mol. The molecule has 2 N–H and O–H groups in total. The summed E-state index contributed by atoms with van der Waals surface area (Å²) >= 11 is 0. The zero-order valence-corrected chi connectivity index (χ0v) is 12.8. The van der Waals surface area contributed by atoms with Crippen LogP contribution in [-0.4, -0.2) is 16.1 Å². The van der Waals surface area contributed by atoms with E-state index in [4.69, 9.17) is 0 Å². The van der Waals surface area contributed by atoms with Crippen LogP contribution in [0.2, 0.25) is 0 Å². The first-order valence-corrected chi connectivity index (χ1v) is 7.45. The third-order valence-electron chi connectivity index (χ3n) is 4.19. The summed E-state index contributed by atoms with van der Waals surface area (Å²) in [7, 11) is 0. The van der Waals surface area contributed by atoms with E-state index in [1.54, 1.807) is 0 Å². The molecule has 1 aromatic heterocycles. The maximum atomic E-state index is 12.7. The number of nitrogens with zero attached hydrogens (tertiary/aromatic N) is 1. The molecule has 4 nitrogen and oxygen atoms in total. The normalized spacial score (nSPS) is 13.7. The number of hydrogen-bond donors (Lipinski definition) is 2. The lowest BCUT2D eigenvalue weighted by molar-refractivity contribution is 0.0898. The van der Waals surface area contributed by atoms with Crippen LogP contribution >= 0.6 is 0 Å². The first-order valence-electron chi connectivity index (χ1n) is 7.45. The van der Waals surface area contributed by atoms with Gasteiger partial charge in [-0.15, -0.1) is 0 Å². The molecule has 112 valence electrons. The van der Waals surface area contributed by atoms with E-state index in [1.165, 1.54) is 0 Å². The van der Waals surface area contributed by atoms with Gasteiger partial charge in [-0.3, -0.25) is 9.89 Å². The predicted octanol–water partition coefficient (Wildman–Crippen LogP) is 3.62. The lowest BCUT2D eigenvalue weighted by atomic mass is 9.89. The highest BCUT2D eigenvalue weighted by Crippen LogP contribution is 2.25. The summed E-state index contributed by atoms with van der Waals surface area (Å²) in [6, 6.07) is 17.7. The van der Waals surface area contributed by atoms with Crippen LogP contribution in [0.4, 0.5) is 0 Å². The quantitative estimate of drug-likeness (QED) is 0.772. The molecule has 4 heteroatoms. The lowest BCUT2D eigenvalue weighted by Gasteiger charge is -2.30. The summed E-state index contributed by atoms with van der Waals surface area (Å²) in [4.78, 5) is 12.7. The van der Waals surface area contributed by atoms with Crippen molar-refractivity contribution >= 4 is 16.8 Å². The Morgan fingerprint density at radius 3 is 2.55 bits per heavy atom. The van der Waals surface area contributed by atoms with E-state index in [2.05, 4.69) is 22.4 Å². The van der Waals surface area contributed by atoms with Gasteiger partial charge < -0.3 is 5.32 Å². The fourth-order valence-electron chi connectivity index (χ4n) is 2.62. The molecule has 0 aliphatic carbocycles. The molecule has 22 heavy (non-hydrogen) atoms. The van der Waals surface area contributed by atoms with Crippen molar-refractivity contribution in [1.29, 1.82) is 0 Å². The zero-order chi connectivity index (χ0) is 15.6. The fraction of sp³-hybridized carbons (Fsp3) is 0.222. The molecule has 0 aliphatic rings. The Hall–Kier alpha value is -2.62. The van der Waals surface area contributed by atoms with Crippen LogP contribution in [0.3, 0.4) is 0 Å². The van der Waals surface area contributed by atoms with Gasteiger partial charge in [0.05, 0.1) is 11.1 Å². The van der Waals surface area contributed by atoms with E-state index in [0.29, 0.717) is 5.69 Å². The highest BCUT2D eigenvalue weighted by molar-refractivity contribution is 6.04. The van der Waals surface area contributed by atoms with Crippen LogP contribution < -0.4 is 5.32 Å². The molecule has 1 unspecified atom stereocenters. The number of H-pyrrole nitrogens is 1. The molecular weight excluding hydrogens is 274 g/mol. The second-order valence-corrected chi connectivity index (χ2v) is 5.62. The van der Waals surface area contributed by atoms with Crippen LogP contribution in [0.5, 0.6) is 0 Å². The van der Waals surface area contributed by atoms with Gasteiger partial charge in [-0.2, -0.15) is 5.10 Å². The van der Waals surface area contributed by atoms with E-state index in [0.717, 1.165) is 22.9 Å². The SMILES string of the molecule is CCC(C)(NC(=O)c1n[nH]c2ccccc12)c1ccccc1. The number of carbonyl (C=O) groups excluding carboxylic acids is 1. The topological polar surface area (TPSA) is 57.8 Å². The van der Waals surface area contributed by atoms with Crippen molar-refractivity contribution in [3.8, 4) is 0 Å². The number of rotatable bonds is 4. The van der Waals surface area contributed by atoms with Crippen molar-refractivity contribution in [3.05, 3.63) is 65.9 Å². The molecule has 1 atom stereocenters. The molecule has 0 radical (unpaired) electrons. The average Bonchev–Trinajstić information content (AvgIpc) is 2.99. The number of nitrogens with one attached hydrogen (secondary N) is 2. The van der Waals surface area contributed by atoms with Gasteiger partial charge in [-0.05, 0) is 25.0 Å². The van der Waals surface area contributed by atoms with E-state index >= 15 is 0 Å². The Bertz CT molecular complexity index is 794. The monoisotopic (exact) mass is 293 g/mol. The van der Waals surface area contributed by atoms with Crippen LogP contribution in [0.15, 0.2) is 54.6 Å². The molecule has 0 saturated heterocycles. The molecule has 0 spiro atoms. The number of hydrogen-bond acceptors (Lipinski definition) is 2. The van der Waals surface area contributed by atoms with Crippen LogP contribution in [0, 0.1) is 0 Å². The molecule has 1 amide bonds. The highest BCUT2D eigenvalue weighted by Gasteiger charge is 2.28. The molecule has 1 heterocycles. The van der Waals surface area contributed by atoms with E-state index in [1.807, 2.05) is 61.5 Å². The second kappa shape index (κ2) is 5.64. The summed E-state index contributed by atoms with van der Waals surface area (Å²) in [5.74, 6) is -0.161. The standard InChI is InChI=1S/C18H19N3O/c1-3-18(2,13-9-5-4-6-10-13)19-17(22)16-14-11-7-8-12-15(14)20-21-16/h4-12H,3H2,1-2H3,(H,19,22)(H,20,21). The largest absolute Gasteiger partial charge is 0.341 e. The fourth-order valence-corrected chi connectivity index (χ4v) is 2.62. The molecule has 0 fully saturated rings. The summed E-state index contributed by atoms with van der Waals surface area (Å²) < 4.78 is 0. The van der Waals surface area contributed by atoms with Crippen LogP contribution in [0.25, 0.3) is 10.9 Å². The van der Waals surface area contributed by atoms with Crippen LogP contribution in [0.1, 0.15) is 36.3 Å². The van der Waals surface area contributed by atoms with E-state index < -0.39 is 5.54 Å². The van der Waals surface area contributed by atoms with Gasteiger partial charge in [-0.1, -0.05) is 55.5 Å². The number of amides is 1. The van der Waals surface area contributed by atoms with Gasteiger partial charge in [0.1, 0.15) is 0 Å².